The van der Waals surface area contributed by atoms with E-state index >= 15 is 0 Å². The molecule has 40 heavy (non-hydrogen) atoms. The molecule has 1 aliphatic carbocycles. The first-order valence-corrected chi connectivity index (χ1v) is 15.4. The van der Waals surface area contributed by atoms with Crippen LogP contribution >= 0.6 is 0 Å². The second kappa shape index (κ2) is 16.0. The Labute approximate surface area is 243 Å². The number of halogens is 1. The summed E-state index contributed by atoms with van der Waals surface area (Å²) in [6.45, 7) is 21.3. The minimum atomic E-state index is -0.498. The summed E-state index contributed by atoms with van der Waals surface area (Å²) >= 11 is 0. The number of nitrogens with zero attached hydrogens (tertiary/aromatic N) is 3. The maximum Gasteiger partial charge on any atom is 0.410 e. The highest BCUT2D eigenvalue weighted by Crippen LogP contribution is 2.42. The second-order valence-corrected chi connectivity index (χ2v) is 11.7. The van der Waals surface area contributed by atoms with Gasteiger partial charge < -0.3 is 14.5 Å². The predicted molar refractivity (Wildman–Crippen MR) is 166 cm³/mol. The SMILES string of the molecule is C/C=C(\C(C(CCCCc1cccc(F)c1)=NCC)=C(\C)N1CCN(C(=O)OC(C)(C)C)[C@H](C)C1)C1CC1.CC. The zero-order valence-electron chi connectivity index (χ0n) is 26.6. The van der Waals surface area contributed by atoms with Crippen LogP contribution in [0.4, 0.5) is 9.18 Å². The van der Waals surface area contributed by atoms with Crippen LogP contribution in [0.25, 0.3) is 0 Å². The summed E-state index contributed by atoms with van der Waals surface area (Å²) in [4.78, 5) is 22.1. The van der Waals surface area contributed by atoms with E-state index in [0.29, 0.717) is 12.5 Å². The minimum absolute atomic E-state index is 0.0580. The van der Waals surface area contributed by atoms with Crippen LogP contribution in [0, 0.1) is 11.7 Å². The van der Waals surface area contributed by atoms with Crippen LogP contribution in [0.5, 0.6) is 0 Å². The number of carbonyl (C=O) groups excluding carboxylic acids is 1. The third-order valence-corrected chi connectivity index (χ3v) is 7.36. The lowest BCUT2D eigenvalue weighted by Crippen LogP contribution is -2.54. The van der Waals surface area contributed by atoms with Gasteiger partial charge in [0, 0.05) is 49.2 Å². The van der Waals surface area contributed by atoms with Crippen molar-refractivity contribution in [1.82, 2.24) is 9.80 Å². The van der Waals surface area contributed by atoms with Crippen molar-refractivity contribution in [2.75, 3.05) is 26.2 Å². The molecule has 1 saturated carbocycles. The van der Waals surface area contributed by atoms with Gasteiger partial charge in [-0.15, -0.1) is 0 Å². The second-order valence-electron chi connectivity index (χ2n) is 11.7. The van der Waals surface area contributed by atoms with Crippen LogP contribution in [-0.4, -0.2) is 59.4 Å². The number of hydrogen-bond acceptors (Lipinski definition) is 4. The van der Waals surface area contributed by atoms with E-state index in [1.165, 1.54) is 41.5 Å². The van der Waals surface area contributed by atoms with Gasteiger partial charge in [0.15, 0.2) is 0 Å². The summed E-state index contributed by atoms with van der Waals surface area (Å²) in [7, 11) is 0. The molecule has 1 aromatic rings. The minimum Gasteiger partial charge on any atom is -0.444 e. The van der Waals surface area contributed by atoms with E-state index in [1.54, 1.807) is 12.1 Å². The van der Waals surface area contributed by atoms with E-state index in [1.807, 2.05) is 45.6 Å². The maximum atomic E-state index is 13.6. The quantitative estimate of drug-likeness (QED) is 0.165. The maximum absolute atomic E-state index is 13.6. The van der Waals surface area contributed by atoms with Crippen molar-refractivity contribution in [1.29, 1.82) is 0 Å². The van der Waals surface area contributed by atoms with E-state index in [2.05, 4.69) is 38.7 Å². The zero-order valence-corrected chi connectivity index (χ0v) is 26.6. The molecule has 0 aromatic heterocycles. The monoisotopic (exact) mass is 555 g/mol. The first-order chi connectivity index (χ1) is 19.0. The number of ether oxygens (including phenoxy) is 1. The number of carbonyl (C=O) groups is 1. The number of aryl methyl sites for hydroxylation is 1. The van der Waals surface area contributed by atoms with Gasteiger partial charge in [0.05, 0.1) is 0 Å². The van der Waals surface area contributed by atoms with Gasteiger partial charge in [-0.3, -0.25) is 4.99 Å². The Kier molecular flexibility index (Phi) is 13.4. The summed E-state index contributed by atoms with van der Waals surface area (Å²) in [5.41, 5.74) is 5.73. The summed E-state index contributed by atoms with van der Waals surface area (Å²) in [6, 6.07) is 6.99. The molecule has 0 spiro atoms. The van der Waals surface area contributed by atoms with Gasteiger partial charge in [-0.1, -0.05) is 32.1 Å². The summed E-state index contributed by atoms with van der Waals surface area (Å²) < 4.78 is 19.2. The van der Waals surface area contributed by atoms with Gasteiger partial charge in [0.1, 0.15) is 11.4 Å². The fourth-order valence-electron chi connectivity index (χ4n) is 5.36. The molecule has 6 heteroatoms. The molecule has 0 radical (unpaired) electrons. The van der Waals surface area contributed by atoms with Crippen LogP contribution in [0.15, 0.2) is 52.2 Å². The molecule has 0 unspecified atom stereocenters. The first-order valence-electron chi connectivity index (χ1n) is 15.4. The molecular weight excluding hydrogens is 501 g/mol. The van der Waals surface area contributed by atoms with E-state index in [9.17, 15) is 9.18 Å². The first kappa shape index (κ1) is 33.6. The Morgan fingerprint density at radius 1 is 1.18 bits per heavy atom. The lowest BCUT2D eigenvalue weighted by Gasteiger charge is -2.42. The molecule has 0 N–H and O–H groups in total. The molecule has 5 nitrogen and oxygen atoms in total. The summed E-state index contributed by atoms with van der Waals surface area (Å²) in [6.07, 6.45) is 8.32. The standard InChI is InChI=1S/C32H48FN3O2.C2H6/c1-8-28(26-17-18-26)30(29(34-9-2)16-11-10-13-25-14-12-15-27(33)21-25)24(4)35-19-20-36(23(3)22-35)31(37)38-32(5,6)7;1-2/h8,12,14-15,21,23,26H,9-11,13,16-20,22H2,1-7H3;1-2H3/b28-8-,30-24+,34-29?;/t23-;/m1./s1. The molecule has 1 heterocycles. The molecule has 1 amide bonds. The van der Waals surface area contributed by atoms with Gasteiger partial charge in [0.25, 0.3) is 0 Å². The number of benzene rings is 1. The van der Waals surface area contributed by atoms with Crippen molar-refractivity contribution < 1.29 is 13.9 Å². The van der Waals surface area contributed by atoms with Crippen LogP contribution < -0.4 is 0 Å². The number of aliphatic imine (C=N–C) groups is 1. The summed E-state index contributed by atoms with van der Waals surface area (Å²) in [5.74, 6) is 0.444. The molecular formula is C34H54FN3O2. The molecule has 224 valence electrons. The van der Waals surface area contributed by atoms with E-state index in [4.69, 9.17) is 9.73 Å². The number of piperazine rings is 1. The van der Waals surface area contributed by atoms with Crippen molar-refractivity contribution in [2.24, 2.45) is 10.9 Å². The van der Waals surface area contributed by atoms with E-state index in [-0.39, 0.29) is 18.0 Å². The largest absolute Gasteiger partial charge is 0.444 e. The van der Waals surface area contributed by atoms with Gasteiger partial charge >= 0.3 is 6.09 Å². The highest BCUT2D eigenvalue weighted by Gasteiger charge is 2.34. The highest BCUT2D eigenvalue weighted by molar-refractivity contribution is 6.04. The van der Waals surface area contributed by atoms with Gasteiger partial charge in [-0.2, -0.15) is 0 Å². The molecule has 1 atom stereocenters. The number of hydrogen-bond donors (Lipinski definition) is 0. The Morgan fingerprint density at radius 2 is 1.88 bits per heavy atom. The van der Waals surface area contributed by atoms with E-state index < -0.39 is 5.60 Å². The molecule has 1 aromatic carbocycles. The molecule has 0 bridgehead atoms. The van der Waals surface area contributed by atoms with Crippen molar-refractivity contribution in [2.45, 2.75) is 112 Å². The lowest BCUT2D eigenvalue weighted by atomic mass is 9.91. The third kappa shape index (κ3) is 10.1. The van der Waals surface area contributed by atoms with Crippen LogP contribution in [-0.2, 0) is 11.2 Å². The molecule has 2 aliphatic rings. The Morgan fingerprint density at radius 3 is 2.42 bits per heavy atom. The Balaban J connectivity index is 0.00000274. The number of rotatable bonds is 10. The molecule has 3 rings (SSSR count). The topological polar surface area (TPSA) is 45.1 Å². The van der Waals surface area contributed by atoms with E-state index in [0.717, 1.165) is 50.9 Å². The average molecular weight is 556 g/mol. The Bertz CT molecular complexity index is 1050. The Hall–Kier alpha value is -2.63. The molecule has 1 aliphatic heterocycles. The van der Waals surface area contributed by atoms with Crippen molar-refractivity contribution in [3.63, 3.8) is 0 Å². The predicted octanol–water partition coefficient (Wildman–Crippen LogP) is 8.60. The number of allylic oxidation sites excluding steroid dienone is 4. The van der Waals surface area contributed by atoms with Crippen LogP contribution in [0.1, 0.15) is 100.0 Å². The van der Waals surface area contributed by atoms with Crippen LogP contribution in [0.2, 0.25) is 0 Å². The average Bonchev–Trinajstić information content (AvgIpc) is 3.74. The van der Waals surface area contributed by atoms with Crippen molar-refractivity contribution in [3.05, 3.63) is 58.6 Å². The zero-order chi connectivity index (χ0) is 29.9. The van der Waals surface area contributed by atoms with Crippen LogP contribution in [0.3, 0.4) is 0 Å². The van der Waals surface area contributed by atoms with Gasteiger partial charge in [-0.25, -0.2) is 9.18 Å². The fraction of sp³-hybridized carbons (Fsp3) is 0.647. The highest BCUT2D eigenvalue weighted by atomic mass is 19.1. The lowest BCUT2D eigenvalue weighted by molar-refractivity contribution is 0.00494. The smallest absolute Gasteiger partial charge is 0.410 e. The van der Waals surface area contributed by atoms with Crippen molar-refractivity contribution >= 4 is 11.8 Å². The molecule has 2 fully saturated rings. The normalized spacial score (nSPS) is 19.1. The summed E-state index contributed by atoms with van der Waals surface area (Å²) in [5, 5.41) is 0. The van der Waals surface area contributed by atoms with Gasteiger partial charge in [-0.05, 0) is 116 Å². The van der Waals surface area contributed by atoms with Crippen molar-refractivity contribution in [3.8, 4) is 0 Å². The fourth-order valence-corrected chi connectivity index (χ4v) is 5.36. The number of amides is 1. The van der Waals surface area contributed by atoms with Gasteiger partial charge in [0.2, 0.25) is 0 Å². The molecule has 1 saturated heterocycles. The third-order valence-electron chi connectivity index (χ3n) is 7.36. The number of unbranched alkanes of at least 4 members (excludes halogenated alkanes) is 1.